The lowest BCUT2D eigenvalue weighted by molar-refractivity contribution is -0.137. The molecule has 1 aliphatic rings. The Morgan fingerprint density at radius 2 is 1.86 bits per heavy atom. The van der Waals surface area contributed by atoms with E-state index < -0.39 is 11.7 Å². The second-order valence-electron chi connectivity index (χ2n) is 7.78. The highest BCUT2D eigenvalue weighted by Crippen LogP contribution is 2.36. The molecule has 1 aliphatic heterocycles. The lowest BCUT2D eigenvalue weighted by atomic mass is 9.72. The lowest BCUT2D eigenvalue weighted by Crippen LogP contribution is -2.52. The van der Waals surface area contributed by atoms with Gasteiger partial charge in [0.2, 0.25) is 0 Å². The molecule has 0 spiro atoms. The van der Waals surface area contributed by atoms with Crippen molar-refractivity contribution in [1.82, 2.24) is 5.32 Å². The van der Waals surface area contributed by atoms with Gasteiger partial charge in [-0.05, 0) is 49.3 Å². The molecule has 0 amide bonds. The molecule has 1 atom stereocenters. The summed E-state index contributed by atoms with van der Waals surface area (Å²) in [5, 5.41) is 3.61. The van der Waals surface area contributed by atoms with Crippen molar-refractivity contribution in [1.29, 1.82) is 0 Å². The zero-order valence-electron chi connectivity index (χ0n) is 13.7. The first-order valence-electron chi connectivity index (χ1n) is 8.01. The summed E-state index contributed by atoms with van der Waals surface area (Å²) in [4.78, 5) is 0. The van der Waals surface area contributed by atoms with E-state index in [2.05, 4.69) is 26.1 Å². The van der Waals surface area contributed by atoms with E-state index in [1.54, 1.807) is 0 Å². The summed E-state index contributed by atoms with van der Waals surface area (Å²) in [6.45, 7) is 7.53. The van der Waals surface area contributed by atoms with Crippen LogP contribution >= 0.6 is 0 Å². The van der Waals surface area contributed by atoms with Crippen LogP contribution in [-0.2, 0) is 12.6 Å². The van der Waals surface area contributed by atoms with Gasteiger partial charge in [0, 0.05) is 5.54 Å². The average Bonchev–Trinajstić information content (AvgIpc) is 2.36. The van der Waals surface area contributed by atoms with Gasteiger partial charge in [0.1, 0.15) is 0 Å². The van der Waals surface area contributed by atoms with Crippen molar-refractivity contribution in [2.75, 3.05) is 6.54 Å². The standard InChI is InChI=1S/C18H26F3N/c1-16(2,3)13-17(9-4-5-10-22-17)12-14-7-6-8-15(11-14)18(19,20)21/h6-8,11,22H,4-5,9-10,12-13H2,1-3H3. The van der Waals surface area contributed by atoms with Gasteiger partial charge >= 0.3 is 6.18 Å². The summed E-state index contributed by atoms with van der Waals surface area (Å²) < 4.78 is 38.7. The fourth-order valence-electron chi connectivity index (χ4n) is 3.66. The van der Waals surface area contributed by atoms with Gasteiger partial charge in [-0.25, -0.2) is 0 Å². The molecular weight excluding hydrogens is 287 g/mol. The van der Waals surface area contributed by atoms with E-state index in [1.807, 2.05) is 6.07 Å². The topological polar surface area (TPSA) is 12.0 Å². The first-order chi connectivity index (χ1) is 10.1. The molecule has 1 saturated heterocycles. The van der Waals surface area contributed by atoms with Gasteiger partial charge in [0.15, 0.2) is 0 Å². The number of piperidine rings is 1. The van der Waals surface area contributed by atoms with Gasteiger partial charge < -0.3 is 5.32 Å². The number of alkyl halides is 3. The van der Waals surface area contributed by atoms with Crippen LogP contribution in [0.2, 0.25) is 0 Å². The number of hydrogen-bond donors (Lipinski definition) is 1. The second kappa shape index (κ2) is 6.23. The Morgan fingerprint density at radius 1 is 1.14 bits per heavy atom. The van der Waals surface area contributed by atoms with Crippen molar-refractivity contribution in [3.63, 3.8) is 0 Å². The molecule has 0 aliphatic carbocycles. The molecule has 0 aromatic heterocycles. The summed E-state index contributed by atoms with van der Waals surface area (Å²) in [6, 6.07) is 5.79. The number of rotatable bonds is 3. The molecule has 1 fully saturated rings. The highest BCUT2D eigenvalue weighted by Gasteiger charge is 2.36. The predicted molar refractivity (Wildman–Crippen MR) is 83.8 cm³/mol. The molecule has 2 rings (SSSR count). The van der Waals surface area contributed by atoms with E-state index in [9.17, 15) is 13.2 Å². The maximum Gasteiger partial charge on any atom is 0.416 e. The van der Waals surface area contributed by atoms with Crippen LogP contribution in [0.4, 0.5) is 13.2 Å². The Balaban J connectivity index is 2.24. The first kappa shape index (κ1) is 17.3. The van der Waals surface area contributed by atoms with Gasteiger partial charge in [0.05, 0.1) is 5.56 Å². The second-order valence-corrected chi connectivity index (χ2v) is 7.78. The number of hydrogen-bond acceptors (Lipinski definition) is 1. The molecule has 1 aromatic rings. The molecule has 22 heavy (non-hydrogen) atoms. The van der Waals surface area contributed by atoms with Crippen LogP contribution in [0, 0.1) is 5.41 Å². The van der Waals surface area contributed by atoms with Crippen LogP contribution in [0.1, 0.15) is 57.6 Å². The largest absolute Gasteiger partial charge is 0.416 e. The molecule has 1 heterocycles. The molecular formula is C18H26F3N. The summed E-state index contributed by atoms with van der Waals surface area (Å²) in [5.41, 5.74) is 0.285. The van der Waals surface area contributed by atoms with E-state index in [4.69, 9.17) is 0 Å². The third-order valence-corrected chi connectivity index (χ3v) is 4.25. The maximum absolute atomic E-state index is 12.9. The van der Waals surface area contributed by atoms with Crippen molar-refractivity contribution in [2.45, 2.75) is 64.6 Å². The maximum atomic E-state index is 12.9. The van der Waals surface area contributed by atoms with Crippen molar-refractivity contribution in [3.05, 3.63) is 35.4 Å². The van der Waals surface area contributed by atoms with Crippen LogP contribution in [0.5, 0.6) is 0 Å². The highest BCUT2D eigenvalue weighted by molar-refractivity contribution is 5.27. The fourth-order valence-corrected chi connectivity index (χ4v) is 3.66. The first-order valence-corrected chi connectivity index (χ1v) is 8.01. The van der Waals surface area contributed by atoms with Gasteiger partial charge in [-0.1, -0.05) is 45.4 Å². The van der Waals surface area contributed by atoms with Gasteiger partial charge in [0.25, 0.3) is 0 Å². The smallest absolute Gasteiger partial charge is 0.311 e. The van der Waals surface area contributed by atoms with Gasteiger partial charge in [-0.3, -0.25) is 0 Å². The van der Waals surface area contributed by atoms with E-state index in [1.165, 1.54) is 12.1 Å². The Kier molecular flexibility index (Phi) is 4.90. The van der Waals surface area contributed by atoms with Crippen molar-refractivity contribution in [2.24, 2.45) is 5.41 Å². The van der Waals surface area contributed by atoms with Crippen LogP contribution in [-0.4, -0.2) is 12.1 Å². The summed E-state index contributed by atoms with van der Waals surface area (Å²) in [6.07, 6.45) is 0.675. The Morgan fingerprint density at radius 3 is 2.41 bits per heavy atom. The Hall–Kier alpha value is -1.03. The number of nitrogens with one attached hydrogen (secondary N) is 1. The molecule has 1 nitrogen and oxygen atoms in total. The molecule has 124 valence electrons. The molecule has 0 bridgehead atoms. The molecule has 1 aromatic carbocycles. The van der Waals surface area contributed by atoms with Gasteiger partial charge in [-0.15, -0.1) is 0 Å². The predicted octanol–water partition coefficient (Wildman–Crippen LogP) is 5.20. The zero-order chi connectivity index (χ0) is 16.4. The van der Waals surface area contributed by atoms with Crippen LogP contribution in [0.15, 0.2) is 24.3 Å². The molecule has 4 heteroatoms. The van der Waals surface area contributed by atoms with E-state index in [-0.39, 0.29) is 11.0 Å². The lowest BCUT2D eigenvalue weighted by Gasteiger charge is -2.43. The monoisotopic (exact) mass is 313 g/mol. The third-order valence-electron chi connectivity index (χ3n) is 4.25. The summed E-state index contributed by atoms with van der Waals surface area (Å²) in [5.74, 6) is 0. The summed E-state index contributed by atoms with van der Waals surface area (Å²) >= 11 is 0. The number of halogens is 3. The van der Waals surface area contributed by atoms with E-state index in [0.717, 1.165) is 43.9 Å². The average molecular weight is 313 g/mol. The third kappa shape index (κ3) is 4.73. The molecule has 0 saturated carbocycles. The normalized spacial score (nSPS) is 23.5. The van der Waals surface area contributed by atoms with Crippen molar-refractivity contribution in [3.8, 4) is 0 Å². The van der Waals surface area contributed by atoms with Crippen LogP contribution < -0.4 is 5.32 Å². The minimum atomic E-state index is -4.27. The van der Waals surface area contributed by atoms with E-state index in [0.29, 0.717) is 6.42 Å². The zero-order valence-corrected chi connectivity index (χ0v) is 13.7. The highest BCUT2D eigenvalue weighted by atomic mass is 19.4. The van der Waals surface area contributed by atoms with Crippen molar-refractivity contribution >= 4 is 0 Å². The molecule has 1 N–H and O–H groups in total. The minimum Gasteiger partial charge on any atom is -0.311 e. The van der Waals surface area contributed by atoms with Crippen LogP contribution in [0.25, 0.3) is 0 Å². The quantitative estimate of drug-likeness (QED) is 0.809. The Bertz CT molecular complexity index is 494. The number of benzene rings is 1. The fraction of sp³-hybridized carbons (Fsp3) is 0.667. The SMILES string of the molecule is CC(C)(C)CC1(Cc2cccc(C(F)(F)F)c2)CCCCN1. The molecule has 1 unspecified atom stereocenters. The molecule has 0 radical (unpaired) electrons. The summed E-state index contributed by atoms with van der Waals surface area (Å²) in [7, 11) is 0. The van der Waals surface area contributed by atoms with Crippen LogP contribution in [0.3, 0.4) is 0 Å². The Labute approximate surface area is 131 Å². The minimum absolute atomic E-state index is 0.0826. The van der Waals surface area contributed by atoms with Gasteiger partial charge in [-0.2, -0.15) is 13.2 Å². The van der Waals surface area contributed by atoms with Crippen molar-refractivity contribution < 1.29 is 13.2 Å². The van der Waals surface area contributed by atoms with E-state index >= 15 is 0 Å².